The minimum absolute atomic E-state index is 0.0352. The van der Waals surface area contributed by atoms with Crippen LogP contribution in [-0.4, -0.2) is 50.7 Å². The second kappa shape index (κ2) is 6.56. The van der Waals surface area contributed by atoms with Crippen molar-refractivity contribution in [2.24, 2.45) is 0 Å². The predicted molar refractivity (Wildman–Crippen MR) is 55.1 cm³/mol. The molecule has 1 saturated heterocycles. The van der Waals surface area contributed by atoms with Crippen molar-refractivity contribution in [1.29, 1.82) is 0 Å². The third-order valence-corrected chi connectivity index (χ3v) is 2.23. The molecular formula is C10H18N2O2. The van der Waals surface area contributed by atoms with E-state index in [0.717, 1.165) is 39.3 Å². The molecule has 1 aliphatic rings. The lowest BCUT2D eigenvalue weighted by molar-refractivity contribution is -0.116. The normalized spacial score (nSPS) is 18.6. The van der Waals surface area contributed by atoms with Gasteiger partial charge in [-0.2, -0.15) is 0 Å². The Morgan fingerprint density at radius 2 is 2.21 bits per heavy atom. The second-order valence-electron chi connectivity index (χ2n) is 3.26. The summed E-state index contributed by atoms with van der Waals surface area (Å²) in [5, 5.41) is 2.54. The van der Waals surface area contributed by atoms with Crippen LogP contribution in [0.4, 0.5) is 0 Å². The average molecular weight is 198 g/mol. The molecule has 4 heteroatoms. The van der Waals surface area contributed by atoms with Crippen LogP contribution in [0.3, 0.4) is 0 Å². The number of amides is 1. The van der Waals surface area contributed by atoms with Crippen LogP contribution in [0.5, 0.6) is 0 Å². The highest BCUT2D eigenvalue weighted by Crippen LogP contribution is 1.98. The van der Waals surface area contributed by atoms with E-state index in [9.17, 15) is 4.79 Å². The van der Waals surface area contributed by atoms with Gasteiger partial charge in [-0.25, -0.2) is 0 Å². The molecule has 1 rings (SSSR count). The van der Waals surface area contributed by atoms with Gasteiger partial charge in [0.15, 0.2) is 0 Å². The third-order valence-electron chi connectivity index (χ3n) is 2.23. The lowest BCUT2D eigenvalue weighted by atomic mass is 10.3. The number of ether oxygens (including phenoxy) is 1. The summed E-state index contributed by atoms with van der Waals surface area (Å²) in [6.45, 7) is 4.69. The van der Waals surface area contributed by atoms with Gasteiger partial charge in [0.2, 0.25) is 5.91 Å². The summed E-state index contributed by atoms with van der Waals surface area (Å²) in [6.07, 6.45) is 4.42. The summed E-state index contributed by atoms with van der Waals surface area (Å²) in [5.74, 6) is -0.0352. The molecule has 1 N–H and O–H groups in total. The van der Waals surface area contributed by atoms with Crippen molar-refractivity contribution in [3.63, 3.8) is 0 Å². The summed E-state index contributed by atoms with van der Waals surface area (Å²) in [4.78, 5) is 13.2. The van der Waals surface area contributed by atoms with Crippen molar-refractivity contribution in [3.05, 3.63) is 12.2 Å². The van der Waals surface area contributed by atoms with Crippen LogP contribution in [0.25, 0.3) is 0 Å². The van der Waals surface area contributed by atoms with E-state index < -0.39 is 0 Å². The Morgan fingerprint density at radius 3 is 2.86 bits per heavy atom. The van der Waals surface area contributed by atoms with E-state index in [1.54, 1.807) is 13.1 Å². The molecule has 0 aromatic carbocycles. The molecule has 80 valence electrons. The van der Waals surface area contributed by atoms with Crippen molar-refractivity contribution in [3.8, 4) is 0 Å². The number of hydrogen-bond donors (Lipinski definition) is 1. The van der Waals surface area contributed by atoms with Gasteiger partial charge in [0.1, 0.15) is 0 Å². The molecule has 0 spiro atoms. The quantitative estimate of drug-likeness (QED) is 0.647. The monoisotopic (exact) mass is 198 g/mol. The summed E-state index contributed by atoms with van der Waals surface area (Å²) >= 11 is 0. The number of nitrogens with one attached hydrogen (secondary N) is 1. The molecule has 0 aliphatic carbocycles. The topological polar surface area (TPSA) is 41.6 Å². The molecule has 0 saturated carbocycles. The number of carbonyl (C=O) groups is 1. The smallest absolute Gasteiger partial charge is 0.243 e. The summed E-state index contributed by atoms with van der Waals surface area (Å²) < 4.78 is 5.24. The van der Waals surface area contributed by atoms with Crippen molar-refractivity contribution >= 4 is 5.91 Å². The number of rotatable bonds is 4. The zero-order chi connectivity index (χ0) is 10.2. The predicted octanol–water partition coefficient (Wildman–Crippen LogP) is 0.0109. The lowest BCUT2D eigenvalue weighted by Gasteiger charge is -2.25. The Labute approximate surface area is 84.9 Å². The van der Waals surface area contributed by atoms with Gasteiger partial charge in [-0.15, -0.1) is 0 Å². The molecular weight excluding hydrogens is 180 g/mol. The molecule has 1 fully saturated rings. The van der Waals surface area contributed by atoms with Gasteiger partial charge in [0, 0.05) is 26.7 Å². The summed E-state index contributed by atoms with van der Waals surface area (Å²) in [5.41, 5.74) is 0. The van der Waals surface area contributed by atoms with Crippen molar-refractivity contribution in [2.75, 3.05) is 39.9 Å². The SMILES string of the molecule is CNC(=O)/C=C/CCN1CCOCC1. The Balaban J connectivity index is 2.07. The standard InChI is InChI=1S/C10H18N2O2/c1-11-10(13)4-2-3-5-12-6-8-14-9-7-12/h2,4H,3,5-9H2,1H3,(H,11,13)/b4-2+. The Kier molecular flexibility index (Phi) is 5.25. The molecule has 0 atom stereocenters. The van der Waals surface area contributed by atoms with E-state index in [-0.39, 0.29) is 5.91 Å². The van der Waals surface area contributed by atoms with Crippen LogP contribution in [0.2, 0.25) is 0 Å². The van der Waals surface area contributed by atoms with Crippen molar-refractivity contribution in [2.45, 2.75) is 6.42 Å². The lowest BCUT2D eigenvalue weighted by Crippen LogP contribution is -2.36. The number of hydrogen-bond acceptors (Lipinski definition) is 3. The maximum absolute atomic E-state index is 10.8. The Morgan fingerprint density at radius 1 is 1.50 bits per heavy atom. The van der Waals surface area contributed by atoms with Crippen LogP contribution >= 0.6 is 0 Å². The highest BCUT2D eigenvalue weighted by molar-refractivity contribution is 5.87. The fourth-order valence-corrected chi connectivity index (χ4v) is 1.36. The molecule has 14 heavy (non-hydrogen) atoms. The second-order valence-corrected chi connectivity index (χ2v) is 3.26. The van der Waals surface area contributed by atoms with Gasteiger partial charge in [-0.05, 0) is 12.5 Å². The zero-order valence-electron chi connectivity index (χ0n) is 8.66. The molecule has 0 unspecified atom stereocenters. The zero-order valence-corrected chi connectivity index (χ0v) is 8.66. The van der Waals surface area contributed by atoms with E-state index in [1.165, 1.54) is 0 Å². The van der Waals surface area contributed by atoms with Gasteiger partial charge in [0.25, 0.3) is 0 Å². The van der Waals surface area contributed by atoms with Crippen LogP contribution in [0.1, 0.15) is 6.42 Å². The van der Waals surface area contributed by atoms with E-state index in [1.807, 2.05) is 6.08 Å². The highest BCUT2D eigenvalue weighted by Gasteiger charge is 2.08. The van der Waals surface area contributed by atoms with Crippen LogP contribution in [0.15, 0.2) is 12.2 Å². The number of carbonyl (C=O) groups excluding carboxylic acids is 1. The van der Waals surface area contributed by atoms with Gasteiger partial charge in [0.05, 0.1) is 13.2 Å². The summed E-state index contributed by atoms with van der Waals surface area (Å²) in [7, 11) is 1.63. The average Bonchev–Trinajstić information content (AvgIpc) is 2.25. The molecule has 0 radical (unpaired) electrons. The van der Waals surface area contributed by atoms with Gasteiger partial charge < -0.3 is 10.1 Å². The first-order valence-corrected chi connectivity index (χ1v) is 5.01. The number of nitrogens with zero attached hydrogens (tertiary/aromatic N) is 1. The van der Waals surface area contributed by atoms with Gasteiger partial charge in [-0.1, -0.05) is 6.08 Å². The van der Waals surface area contributed by atoms with Crippen molar-refractivity contribution < 1.29 is 9.53 Å². The fraction of sp³-hybridized carbons (Fsp3) is 0.700. The minimum Gasteiger partial charge on any atom is -0.379 e. The Bertz CT molecular complexity index is 198. The molecule has 0 aromatic heterocycles. The van der Waals surface area contributed by atoms with E-state index >= 15 is 0 Å². The maximum Gasteiger partial charge on any atom is 0.243 e. The number of likely N-dealkylation sites (N-methyl/N-ethyl adjacent to an activating group) is 1. The molecule has 0 aromatic rings. The molecule has 1 heterocycles. The van der Waals surface area contributed by atoms with E-state index in [2.05, 4.69) is 10.2 Å². The first-order valence-electron chi connectivity index (χ1n) is 5.01. The Hall–Kier alpha value is -0.870. The van der Waals surface area contributed by atoms with Gasteiger partial charge in [-0.3, -0.25) is 9.69 Å². The minimum atomic E-state index is -0.0352. The molecule has 1 aliphatic heterocycles. The first kappa shape index (κ1) is 11.2. The van der Waals surface area contributed by atoms with E-state index in [0.29, 0.717) is 0 Å². The van der Waals surface area contributed by atoms with Crippen LogP contribution in [-0.2, 0) is 9.53 Å². The van der Waals surface area contributed by atoms with Crippen LogP contribution in [0, 0.1) is 0 Å². The van der Waals surface area contributed by atoms with Crippen LogP contribution < -0.4 is 5.32 Å². The fourth-order valence-electron chi connectivity index (χ4n) is 1.36. The van der Waals surface area contributed by atoms with Gasteiger partial charge >= 0.3 is 0 Å². The third kappa shape index (κ3) is 4.39. The maximum atomic E-state index is 10.8. The molecule has 1 amide bonds. The molecule has 4 nitrogen and oxygen atoms in total. The largest absolute Gasteiger partial charge is 0.379 e. The first-order chi connectivity index (χ1) is 6.83. The van der Waals surface area contributed by atoms with Crippen molar-refractivity contribution in [1.82, 2.24) is 10.2 Å². The number of morpholine rings is 1. The molecule has 0 bridgehead atoms. The van der Waals surface area contributed by atoms with E-state index in [4.69, 9.17) is 4.74 Å². The highest BCUT2D eigenvalue weighted by atomic mass is 16.5. The summed E-state index contributed by atoms with van der Waals surface area (Å²) in [6, 6.07) is 0.